The summed E-state index contributed by atoms with van der Waals surface area (Å²) in [4.78, 5) is 0. The lowest BCUT2D eigenvalue weighted by molar-refractivity contribution is -0.659. The zero-order valence-corrected chi connectivity index (χ0v) is 19.6. The fourth-order valence-corrected chi connectivity index (χ4v) is 5.44. The van der Waals surface area contributed by atoms with E-state index >= 15 is 0 Å². The second-order valence-corrected chi connectivity index (χ2v) is 9.68. The number of aryl methyl sites for hydroxylation is 4. The summed E-state index contributed by atoms with van der Waals surface area (Å²) >= 11 is 0. The molecule has 32 heavy (non-hydrogen) atoms. The third kappa shape index (κ3) is 2.50. The summed E-state index contributed by atoms with van der Waals surface area (Å²) in [5.41, 5.74) is 7.62. The van der Waals surface area contributed by atoms with Crippen LogP contribution in [0, 0.1) is 20.8 Å². The van der Waals surface area contributed by atoms with Crippen LogP contribution in [0.25, 0.3) is 43.6 Å². The average molecular weight is 419 g/mol. The Bertz CT molecular complexity index is 1610. The van der Waals surface area contributed by atoms with Gasteiger partial charge in [0.25, 0.3) is 0 Å². The molecule has 1 aromatic heterocycles. The van der Waals surface area contributed by atoms with Gasteiger partial charge in [0.2, 0.25) is 5.69 Å². The fourth-order valence-electron chi connectivity index (χ4n) is 5.44. The zero-order valence-electron chi connectivity index (χ0n) is 19.6. The molecule has 0 unspecified atom stereocenters. The maximum absolute atomic E-state index is 6.73. The van der Waals surface area contributed by atoms with Crippen LogP contribution in [0.15, 0.2) is 54.7 Å². The van der Waals surface area contributed by atoms with Crippen LogP contribution in [0.2, 0.25) is 0 Å². The largest absolute Gasteiger partial charge is 0.455 e. The normalized spacial score (nSPS) is 12.6. The SMILES string of the molecule is Cc1ccc2c(C)c3c(c(C)c2c1)-c1c2c(cc4ccc(C(C)C)cc4c2cc[n+]1C)O3. The molecule has 0 fully saturated rings. The molecule has 0 radical (unpaired) electrons. The minimum Gasteiger partial charge on any atom is -0.455 e. The molecule has 0 atom stereocenters. The summed E-state index contributed by atoms with van der Waals surface area (Å²) in [5.74, 6) is 2.45. The Morgan fingerprint density at radius 2 is 1.59 bits per heavy atom. The Balaban J connectivity index is 1.81. The number of nitrogens with zero attached hydrogens (tertiary/aromatic N) is 1. The van der Waals surface area contributed by atoms with Gasteiger partial charge < -0.3 is 4.74 Å². The molecule has 2 heterocycles. The van der Waals surface area contributed by atoms with E-state index in [0.717, 1.165) is 11.5 Å². The van der Waals surface area contributed by atoms with Crippen LogP contribution in [-0.2, 0) is 7.05 Å². The Morgan fingerprint density at radius 1 is 0.781 bits per heavy atom. The highest BCUT2D eigenvalue weighted by Gasteiger charge is 2.32. The maximum Gasteiger partial charge on any atom is 0.228 e. The van der Waals surface area contributed by atoms with Crippen LogP contribution < -0.4 is 9.30 Å². The Kier molecular flexibility index (Phi) is 3.96. The monoisotopic (exact) mass is 418 g/mol. The van der Waals surface area contributed by atoms with E-state index in [0.29, 0.717) is 5.92 Å². The number of pyridine rings is 1. The van der Waals surface area contributed by atoms with Crippen LogP contribution in [0.1, 0.15) is 42.0 Å². The van der Waals surface area contributed by atoms with E-state index in [4.69, 9.17) is 4.74 Å². The van der Waals surface area contributed by atoms with Gasteiger partial charge >= 0.3 is 0 Å². The van der Waals surface area contributed by atoms with Gasteiger partial charge in [0.1, 0.15) is 18.5 Å². The van der Waals surface area contributed by atoms with Gasteiger partial charge in [-0.15, -0.1) is 0 Å². The van der Waals surface area contributed by atoms with E-state index in [1.54, 1.807) is 0 Å². The summed E-state index contributed by atoms with van der Waals surface area (Å²) in [6, 6.07) is 18.1. The smallest absolute Gasteiger partial charge is 0.228 e. The van der Waals surface area contributed by atoms with Gasteiger partial charge in [0, 0.05) is 17.0 Å². The molecule has 5 aromatic rings. The van der Waals surface area contributed by atoms with Crippen LogP contribution in [0.5, 0.6) is 11.5 Å². The van der Waals surface area contributed by atoms with Crippen molar-refractivity contribution in [2.75, 3.05) is 0 Å². The third-order valence-electron chi connectivity index (χ3n) is 7.27. The zero-order chi connectivity index (χ0) is 22.3. The molecular formula is C30H28NO+. The first-order valence-corrected chi connectivity index (χ1v) is 11.5. The van der Waals surface area contributed by atoms with E-state index in [1.165, 1.54) is 65.8 Å². The first kappa shape index (κ1) is 19.3. The number of hydrogen-bond donors (Lipinski definition) is 0. The summed E-state index contributed by atoms with van der Waals surface area (Å²) in [6.45, 7) is 11.1. The first-order valence-electron chi connectivity index (χ1n) is 11.5. The predicted octanol–water partition coefficient (Wildman–Crippen LogP) is 7.79. The van der Waals surface area contributed by atoms with E-state index in [9.17, 15) is 0 Å². The van der Waals surface area contributed by atoms with Gasteiger partial charge in [-0.3, -0.25) is 0 Å². The van der Waals surface area contributed by atoms with Crippen molar-refractivity contribution in [3.8, 4) is 22.8 Å². The highest BCUT2D eigenvalue weighted by Crippen LogP contribution is 2.51. The molecule has 0 aliphatic carbocycles. The second kappa shape index (κ2) is 6.56. The molecule has 4 aromatic carbocycles. The summed E-state index contributed by atoms with van der Waals surface area (Å²) in [6.07, 6.45) is 2.20. The highest BCUT2D eigenvalue weighted by atomic mass is 16.5. The van der Waals surface area contributed by atoms with Gasteiger partial charge in [0.05, 0.1) is 10.9 Å². The lowest BCUT2D eigenvalue weighted by Gasteiger charge is -2.25. The maximum atomic E-state index is 6.73. The average Bonchev–Trinajstić information content (AvgIpc) is 2.78. The van der Waals surface area contributed by atoms with Gasteiger partial charge in [-0.05, 0) is 65.4 Å². The van der Waals surface area contributed by atoms with E-state index < -0.39 is 0 Å². The Hall–Kier alpha value is -3.39. The van der Waals surface area contributed by atoms with Crippen LogP contribution in [-0.4, -0.2) is 0 Å². The lowest BCUT2D eigenvalue weighted by Crippen LogP contribution is -2.32. The quantitative estimate of drug-likeness (QED) is 0.196. The molecule has 6 rings (SSSR count). The van der Waals surface area contributed by atoms with Crippen molar-refractivity contribution in [3.05, 3.63) is 77.0 Å². The molecule has 2 nitrogen and oxygen atoms in total. The number of rotatable bonds is 1. The molecule has 0 N–H and O–H groups in total. The summed E-state index contributed by atoms with van der Waals surface area (Å²) in [7, 11) is 2.15. The van der Waals surface area contributed by atoms with Gasteiger partial charge in [0.15, 0.2) is 6.20 Å². The van der Waals surface area contributed by atoms with Crippen molar-refractivity contribution in [3.63, 3.8) is 0 Å². The molecule has 0 amide bonds. The number of fused-ring (bicyclic) bond motifs is 5. The van der Waals surface area contributed by atoms with Crippen molar-refractivity contribution >= 4 is 32.3 Å². The third-order valence-corrected chi connectivity index (χ3v) is 7.27. The topological polar surface area (TPSA) is 13.1 Å². The molecule has 0 saturated heterocycles. The standard InChI is InChI=1S/C30H28NO/c1-16(2)20-8-9-21-15-26-28-23(25(21)14-20)11-12-31(6)29(28)27-18(4)24-13-17(3)7-10-22(24)19(5)30(27)32-26/h7-16H,1-6H3/q+1. The van der Waals surface area contributed by atoms with Crippen LogP contribution >= 0.6 is 0 Å². The van der Waals surface area contributed by atoms with Crippen LogP contribution in [0.3, 0.4) is 0 Å². The van der Waals surface area contributed by atoms with E-state index in [-0.39, 0.29) is 0 Å². The fraction of sp³-hybridized carbons (Fsp3) is 0.233. The van der Waals surface area contributed by atoms with Crippen LogP contribution in [0.4, 0.5) is 0 Å². The highest BCUT2D eigenvalue weighted by molar-refractivity contribution is 6.16. The molecule has 2 heteroatoms. The van der Waals surface area contributed by atoms with Crippen molar-refractivity contribution < 1.29 is 9.30 Å². The molecule has 1 aliphatic heterocycles. The van der Waals surface area contributed by atoms with Gasteiger partial charge in [-0.2, -0.15) is 0 Å². The van der Waals surface area contributed by atoms with Gasteiger partial charge in [-0.1, -0.05) is 55.8 Å². The van der Waals surface area contributed by atoms with Crippen molar-refractivity contribution in [1.82, 2.24) is 0 Å². The second-order valence-electron chi connectivity index (χ2n) is 9.68. The predicted molar refractivity (Wildman–Crippen MR) is 134 cm³/mol. The first-order chi connectivity index (χ1) is 15.3. The number of aromatic nitrogens is 1. The molecular weight excluding hydrogens is 390 g/mol. The minimum atomic E-state index is 0.498. The molecule has 1 aliphatic rings. The Labute approximate surface area is 189 Å². The summed E-state index contributed by atoms with van der Waals surface area (Å²) < 4.78 is 8.99. The molecule has 0 saturated carbocycles. The number of ether oxygens (including phenoxy) is 1. The van der Waals surface area contributed by atoms with Crippen molar-refractivity contribution in [2.24, 2.45) is 7.05 Å². The van der Waals surface area contributed by atoms with Crippen molar-refractivity contribution in [1.29, 1.82) is 0 Å². The Morgan fingerprint density at radius 3 is 2.38 bits per heavy atom. The van der Waals surface area contributed by atoms with Gasteiger partial charge in [-0.25, -0.2) is 4.57 Å². The molecule has 158 valence electrons. The lowest BCUT2D eigenvalue weighted by atomic mass is 9.87. The number of hydrogen-bond acceptors (Lipinski definition) is 1. The van der Waals surface area contributed by atoms with E-state index in [2.05, 4.69) is 101 Å². The molecule has 0 bridgehead atoms. The minimum absolute atomic E-state index is 0.498. The summed E-state index contributed by atoms with van der Waals surface area (Å²) in [5, 5.41) is 7.59. The van der Waals surface area contributed by atoms with Crippen molar-refractivity contribution in [2.45, 2.75) is 40.5 Å². The van der Waals surface area contributed by atoms with E-state index in [1.807, 2.05) is 0 Å². The molecule has 0 spiro atoms. The number of benzene rings is 4.